The molecule has 0 spiro atoms. The first-order valence-electron chi connectivity index (χ1n) is 9.99. The second-order valence-corrected chi connectivity index (χ2v) is 7.72. The summed E-state index contributed by atoms with van der Waals surface area (Å²) in [5.74, 6) is 0.413. The van der Waals surface area contributed by atoms with E-state index in [1.165, 1.54) is 5.56 Å². The highest BCUT2D eigenvalue weighted by molar-refractivity contribution is 5.94. The van der Waals surface area contributed by atoms with Crippen LogP contribution in [0.3, 0.4) is 0 Å². The predicted molar refractivity (Wildman–Crippen MR) is 113 cm³/mol. The van der Waals surface area contributed by atoms with Crippen molar-refractivity contribution in [2.24, 2.45) is 0 Å². The molecule has 28 heavy (non-hydrogen) atoms. The summed E-state index contributed by atoms with van der Waals surface area (Å²) < 4.78 is 0. The van der Waals surface area contributed by atoms with Crippen molar-refractivity contribution in [2.75, 3.05) is 25.0 Å². The largest absolute Gasteiger partial charge is 0.349 e. The summed E-state index contributed by atoms with van der Waals surface area (Å²) in [5, 5.41) is 6.10. The van der Waals surface area contributed by atoms with Gasteiger partial charge in [0.2, 0.25) is 5.91 Å². The molecule has 2 aromatic carbocycles. The third-order valence-electron chi connectivity index (χ3n) is 5.16. The van der Waals surface area contributed by atoms with Crippen molar-refractivity contribution in [1.29, 1.82) is 0 Å². The van der Waals surface area contributed by atoms with Crippen molar-refractivity contribution in [2.45, 2.75) is 38.6 Å². The van der Waals surface area contributed by atoms with Gasteiger partial charge in [-0.3, -0.25) is 14.5 Å². The van der Waals surface area contributed by atoms with E-state index in [2.05, 4.69) is 35.4 Å². The standard InChI is InChI=1S/C23H29N3O2/c1-17(2)19-9-6-10-21(15-19)24-22(27)16-26-13-11-20(12-14-26)25-23(28)18-7-4-3-5-8-18/h3-10,15,17,20H,11-14,16H2,1-2H3,(H,24,27)(H,25,28). The van der Waals surface area contributed by atoms with E-state index in [-0.39, 0.29) is 17.9 Å². The van der Waals surface area contributed by atoms with Gasteiger partial charge in [-0.25, -0.2) is 0 Å². The minimum absolute atomic E-state index is 0.00711. The van der Waals surface area contributed by atoms with Gasteiger partial charge in [-0.15, -0.1) is 0 Å². The predicted octanol–water partition coefficient (Wildman–Crippen LogP) is 3.64. The van der Waals surface area contributed by atoms with Gasteiger partial charge in [-0.05, 0) is 48.6 Å². The maximum Gasteiger partial charge on any atom is 0.251 e. The molecule has 0 aromatic heterocycles. The van der Waals surface area contributed by atoms with Crippen LogP contribution in [0.2, 0.25) is 0 Å². The van der Waals surface area contributed by atoms with E-state index in [9.17, 15) is 9.59 Å². The lowest BCUT2D eigenvalue weighted by atomic mass is 10.0. The van der Waals surface area contributed by atoms with Crippen LogP contribution in [0.5, 0.6) is 0 Å². The lowest BCUT2D eigenvalue weighted by Gasteiger charge is -2.31. The molecule has 0 unspecified atom stereocenters. The zero-order chi connectivity index (χ0) is 19.9. The maximum atomic E-state index is 12.4. The number of piperidine rings is 1. The quantitative estimate of drug-likeness (QED) is 0.805. The molecule has 1 saturated heterocycles. The van der Waals surface area contributed by atoms with Crippen LogP contribution in [0.1, 0.15) is 48.5 Å². The second-order valence-electron chi connectivity index (χ2n) is 7.72. The number of amides is 2. The van der Waals surface area contributed by atoms with E-state index >= 15 is 0 Å². The average Bonchev–Trinajstić information content (AvgIpc) is 2.70. The Morgan fingerprint density at radius 2 is 1.75 bits per heavy atom. The Morgan fingerprint density at radius 1 is 1.04 bits per heavy atom. The minimum atomic E-state index is -0.0261. The molecule has 2 N–H and O–H groups in total. The third-order valence-corrected chi connectivity index (χ3v) is 5.16. The highest BCUT2D eigenvalue weighted by Crippen LogP contribution is 2.18. The van der Waals surface area contributed by atoms with Gasteiger partial charge in [-0.2, -0.15) is 0 Å². The molecule has 2 aromatic rings. The van der Waals surface area contributed by atoms with Gasteiger partial charge in [0, 0.05) is 30.4 Å². The van der Waals surface area contributed by atoms with Gasteiger partial charge in [-0.1, -0.05) is 44.2 Å². The van der Waals surface area contributed by atoms with Gasteiger partial charge in [0.15, 0.2) is 0 Å². The van der Waals surface area contributed by atoms with Crippen molar-refractivity contribution in [1.82, 2.24) is 10.2 Å². The number of rotatable bonds is 6. The molecule has 5 nitrogen and oxygen atoms in total. The summed E-state index contributed by atoms with van der Waals surface area (Å²) in [6.07, 6.45) is 1.71. The lowest BCUT2D eigenvalue weighted by Crippen LogP contribution is -2.46. The van der Waals surface area contributed by atoms with Crippen molar-refractivity contribution in [3.05, 3.63) is 65.7 Å². The molecule has 0 radical (unpaired) electrons. The summed E-state index contributed by atoms with van der Waals surface area (Å²) in [7, 11) is 0. The Bertz CT molecular complexity index is 797. The van der Waals surface area contributed by atoms with Crippen LogP contribution in [-0.2, 0) is 4.79 Å². The number of anilines is 1. The van der Waals surface area contributed by atoms with Gasteiger partial charge in [0.1, 0.15) is 0 Å². The first kappa shape index (κ1) is 20.1. The molecule has 3 rings (SSSR count). The maximum absolute atomic E-state index is 12.4. The first-order valence-corrected chi connectivity index (χ1v) is 9.99. The molecule has 148 valence electrons. The van der Waals surface area contributed by atoms with Crippen LogP contribution >= 0.6 is 0 Å². The Hall–Kier alpha value is -2.66. The summed E-state index contributed by atoms with van der Waals surface area (Å²) in [5.41, 5.74) is 2.75. The molecule has 2 amide bonds. The van der Waals surface area contributed by atoms with E-state index in [1.807, 2.05) is 48.5 Å². The Labute approximate surface area is 167 Å². The first-order chi connectivity index (χ1) is 13.5. The van der Waals surface area contributed by atoms with E-state index in [4.69, 9.17) is 0 Å². The summed E-state index contributed by atoms with van der Waals surface area (Å²) in [4.78, 5) is 26.8. The van der Waals surface area contributed by atoms with E-state index in [0.29, 0.717) is 18.0 Å². The number of likely N-dealkylation sites (tertiary alicyclic amines) is 1. The molecule has 0 bridgehead atoms. The van der Waals surface area contributed by atoms with Crippen LogP contribution in [0.25, 0.3) is 0 Å². The average molecular weight is 380 g/mol. The fourth-order valence-corrected chi connectivity index (χ4v) is 3.47. The highest BCUT2D eigenvalue weighted by atomic mass is 16.2. The third kappa shape index (κ3) is 5.67. The van der Waals surface area contributed by atoms with E-state index < -0.39 is 0 Å². The second kappa shape index (κ2) is 9.51. The Morgan fingerprint density at radius 3 is 2.43 bits per heavy atom. The molecule has 1 heterocycles. The number of carbonyl (C=O) groups is 2. The Kier molecular flexibility index (Phi) is 6.82. The molecule has 0 saturated carbocycles. The molecule has 0 atom stereocenters. The molecule has 0 aliphatic carbocycles. The molecular formula is C23H29N3O2. The fourth-order valence-electron chi connectivity index (χ4n) is 3.47. The highest BCUT2D eigenvalue weighted by Gasteiger charge is 2.22. The molecule has 1 aliphatic heterocycles. The number of nitrogens with zero attached hydrogens (tertiary/aromatic N) is 1. The van der Waals surface area contributed by atoms with Crippen molar-refractivity contribution < 1.29 is 9.59 Å². The van der Waals surface area contributed by atoms with Gasteiger partial charge < -0.3 is 10.6 Å². The van der Waals surface area contributed by atoms with Crippen LogP contribution in [0.15, 0.2) is 54.6 Å². The van der Waals surface area contributed by atoms with Crippen molar-refractivity contribution in [3.8, 4) is 0 Å². The minimum Gasteiger partial charge on any atom is -0.349 e. The van der Waals surface area contributed by atoms with Crippen molar-refractivity contribution >= 4 is 17.5 Å². The Balaban J connectivity index is 1.43. The molecule has 1 fully saturated rings. The number of nitrogens with one attached hydrogen (secondary N) is 2. The number of hydrogen-bond acceptors (Lipinski definition) is 3. The van der Waals surface area contributed by atoms with Gasteiger partial charge >= 0.3 is 0 Å². The fraction of sp³-hybridized carbons (Fsp3) is 0.391. The number of benzene rings is 2. The summed E-state index contributed by atoms with van der Waals surface area (Å²) in [6, 6.07) is 17.5. The van der Waals surface area contributed by atoms with Crippen molar-refractivity contribution in [3.63, 3.8) is 0 Å². The van der Waals surface area contributed by atoms with E-state index in [1.54, 1.807) is 0 Å². The molecular weight excluding hydrogens is 350 g/mol. The smallest absolute Gasteiger partial charge is 0.251 e. The zero-order valence-electron chi connectivity index (χ0n) is 16.7. The van der Waals surface area contributed by atoms with E-state index in [0.717, 1.165) is 31.6 Å². The lowest BCUT2D eigenvalue weighted by molar-refractivity contribution is -0.117. The summed E-state index contributed by atoms with van der Waals surface area (Å²) in [6.45, 7) is 6.27. The SMILES string of the molecule is CC(C)c1cccc(NC(=O)CN2CCC(NC(=O)c3ccccc3)CC2)c1. The summed E-state index contributed by atoms with van der Waals surface area (Å²) >= 11 is 0. The van der Waals surface area contributed by atoms with Crippen LogP contribution in [-0.4, -0.2) is 42.4 Å². The van der Waals surface area contributed by atoms with Crippen LogP contribution in [0.4, 0.5) is 5.69 Å². The number of carbonyl (C=O) groups excluding carboxylic acids is 2. The van der Waals surface area contributed by atoms with Gasteiger partial charge in [0.25, 0.3) is 5.91 Å². The van der Waals surface area contributed by atoms with Gasteiger partial charge in [0.05, 0.1) is 6.54 Å². The monoisotopic (exact) mass is 379 g/mol. The van der Waals surface area contributed by atoms with Crippen LogP contribution in [0, 0.1) is 0 Å². The number of hydrogen-bond donors (Lipinski definition) is 2. The topological polar surface area (TPSA) is 61.4 Å². The normalized spacial score (nSPS) is 15.4. The molecule has 5 heteroatoms. The zero-order valence-corrected chi connectivity index (χ0v) is 16.7. The van der Waals surface area contributed by atoms with Crippen LogP contribution < -0.4 is 10.6 Å². The molecule has 1 aliphatic rings.